The van der Waals surface area contributed by atoms with Gasteiger partial charge in [0.1, 0.15) is 12.4 Å². The topological polar surface area (TPSA) is 25.4 Å². The monoisotopic (exact) mass is 270 g/mol. The summed E-state index contributed by atoms with van der Waals surface area (Å²) in [5, 5.41) is 0. The van der Waals surface area contributed by atoms with Gasteiger partial charge in [-0.1, -0.05) is 17.7 Å². The maximum atomic E-state index is 5.85. The van der Waals surface area contributed by atoms with Crippen LogP contribution in [-0.4, -0.2) is 30.1 Å². The number of likely N-dealkylation sites (N-methyl/N-ethyl adjacent to an activating group) is 1. The van der Waals surface area contributed by atoms with E-state index >= 15 is 0 Å². The summed E-state index contributed by atoms with van der Waals surface area (Å²) in [5.74, 6) is 0.980. The van der Waals surface area contributed by atoms with E-state index in [2.05, 4.69) is 42.9 Å². The third-order valence-corrected chi connectivity index (χ3v) is 3.26. The lowest BCUT2D eigenvalue weighted by Crippen LogP contribution is -2.24. The molecule has 106 valence electrons. The fourth-order valence-corrected chi connectivity index (χ4v) is 2.15. The molecule has 3 heteroatoms. The molecule has 2 aromatic rings. The third-order valence-electron chi connectivity index (χ3n) is 3.26. The number of ether oxygens (including phenoxy) is 1. The van der Waals surface area contributed by atoms with Crippen molar-refractivity contribution in [1.29, 1.82) is 0 Å². The van der Waals surface area contributed by atoms with Crippen molar-refractivity contribution in [2.75, 3.05) is 20.2 Å². The van der Waals surface area contributed by atoms with Crippen molar-refractivity contribution in [2.45, 2.75) is 20.4 Å². The van der Waals surface area contributed by atoms with Gasteiger partial charge in [0.15, 0.2) is 0 Å². The summed E-state index contributed by atoms with van der Waals surface area (Å²) in [6.45, 7) is 6.70. The largest absolute Gasteiger partial charge is 0.492 e. The van der Waals surface area contributed by atoms with Crippen molar-refractivity contribution >= 4 is 0 Å². The number of rotatable bonds is 6. The van der Waals surface area contributed by atoms with E-state index < -0.39 is 0 Å². The van der Waals surface area contributed by atoms with Gasteiger partial charge < -0.3 is 4.74 Å². The number of benzene rings is 1. The van der Waals surface area contributed by atoms with Crippen molar-refractivity contribution in [2.24, 2.45) is 0 Å². The van der Waals surface area contributed by atoms with Crippen LogP contribution in [0.4, 0.5) is 0 Å². The third kappa shape index (κ3) is 4.35. The molecule has 0 aliphatic carbocycles. The second-order valence-electron chi connectivity index (χ2n) is 5.21. The predicted molar refractivity (Wildman–Crippen MR) is 82.0 cm³/mol. The van der Waals surface area contributed by atoms with Gasteiger partial charge in [-0.15, -0.1) is 0 Å². The molecular weight excluding hydrogens is 248 g/mol. The Morgan fingerprint density at radius 1 is 1.10 bits per heavy atom. The first-order valence-electron chi connectivity index (χ1n) is 6.92. The molecule has 0 unspecified atom stereocenters. The molecule has 0 spiro atoms. The zero-order chi connectivity index (χ0) is 14.4. The zero-order valence-corrected chi connectivity index (χ0v) is 12.5. The van der Waals surface area contributed by atoms with E-state index in [4.69, 9.17) is 4.74 Å². The van der Waals surface area contributed by atoms with Gasteiger partial charge in [0, 0.05) is 25.5 Å². The van der Waals surface area contributed by atoms with Gasteiger partial charge in [0.25, 0.3) is 0 Å². The highest BCUT2D eigenvalue weighted by Crippen LogP contribution is 2.18. The van der Waals surface area contributed by atoms with E-state index in [1.54, 1.807) is 0 Å². The second kappa shape index (κ2) is 7.06. The quantitative estimate of drug-likeness (QED) is 0.806. The predicted octanol–water partition coefficient (Wildman–Crippen LogP) is 3.21. The lowest BCUT2D eigenvalue weighted by Gasteiger charge is -2.17. The van der Waals surface area contributed by atoms with E-state index in [9.17, 15) is 0 Å². The first-order chi connectivity index (χ1) is 9.65. The van der Waals surface area contributed by atoms with Crippen LogP contribution in [0.1, 0.15) is 16.7 Å². The molecule has 0 aliphatic rings. The fourth-order valence-electron chi connectivity index (χ4n) is 2.15. The zero-order valence-electron chi connectivity index (χ0n) is 12.5. The van der Waals surface area contributed by atoms with Gasteiger partial charge in [0.2, 0.25) is 0 Å². The summed E-state index contributed by atoms with van der Waals surface area (Å²) in [6.07, 6.45) is 3.66. The number of hydrogen-bond donors (Lipinski definition) is 0. The van der Waals surface area contributed by atoms with Crippen molar-refractivity contribution in [3.05, 3.63) is 59.4 Å². The van der Waals surface area contributed by atoms with E-state index in [1.165, 1.54) is 16.7 Å². The van der Waals surface area contributed by atoms with Crippen LogP contribution in [0.3, 0.4) is 0 Å². The summed E-state index contributed by atoms with van der Waals surface area (Å²) >= 11 is 0. The molecule has 0 aliphatic heterocycles. The maximum absolute atomic E-state index is 5.85. The Kier molecular flexibility index (Phi) is 5.13. The Morgan fingerprint density at radius 3 is 2.55 bits per heavy atom. The van der Waals surface area contributed by atoms with Crippen LogP contribution >= 0.6 is 0 Å². The summed E-state index contributed by atoms with van der Waals surface area (Å²) < 4.78 is 5.85. The highest BCUT2D eigenvalue weighted by molar-refractivity contribution is 5.35. The Morgan fingerprint density at radius 2 is 1.85 bits per heavy atom. The average molecular weight is 270 g/mol. The Balaban J connectivity index is 1.78. The van der Waals surface area contributed by atoms with Crippen LogP contribution in [-0.2, 0) is 6.54 Å². The molecule has 1 heterocycles. The van der Waals surface area contributed by atoms with Crippen molar-refractivity contribution < 1.29 is 4.74 Å². The van der Waals surface area contributed by atoms with Gasteiger partial charge in [-0.25, -0.2) is 0 Å². The number of hydrogen-bond acceptors (Lipinski definition) is 3. The Hall–Kier alpha value is -1.87. The molecule has 0 N–H and O–H groups in total. The van der Waals surface area contributed by atoms with Crippen LogP contribution < -0.4 is 4.74 Å². The molecule has 0 atom stereocenters. The molecule has 2 rings (SSSR count). The van der Waals surface area contributed by atoms with Crippen molar-refractivity contribution in [1.82, 2.24) is 9.88 Å². The molecule has 0 saturated carbocycles. The van der Waals surface area contributed by atoms with Gasteiger partial charge in [-0.3, -0.25) is 9.88 Å². The molecule has 0 saturated heterocycles. The summed E-state index contributed by atoms with van der Waals surface area (Å²) in [5.41, 5.74) is 3.74. The van der Waals surface area contributed by atoms with Gasteiger partial charge in [-0.05, 0) is 50.2 Å². The molecule has 3 nitrogen and oxygen atoms in total. The lowest BCUT2D eigenvalue weighted by atomic mass is 10.1. The minimum atomic E-state index is 0.700. The Bertz CT molecular complexity index is 540. The van der Waals surface area contributed by atoms with Crippen LogP contribution in [0.15, 0.2) is 42.7 Å². The van der Waals surface area contributed by atoms with E-state index in [1.807, 2.05) is 30.6 Å². The highest BCUT2D eigenvalue weighted by atomic mass is 16.5. The second-order valence-corrected chi connectivity index (χ2v) is 5.21. The van der Waals surface area contributed by atoms with Crippen molar-refractivity contribution in [3.63, 3.8) is 0 Å². The van der Waals surface area contributed by atoms with E-state index in [0.717, 1.165) is 18.8 Å². The summed E-state index contributed by atoms with van der Waals surface area (Å²) in [7, 11) is 2.10. The number of aromatic nitrogens is 1. The molecular formula is C17H22N2O. The Labute approximate surface area is 121 Å². The molecule has 0 bridgehead atoms. The number of pyridine rings is 1. The molecule has 20 heavy (non-hydrogen) atoms. The van der Waals surface area contributed by atoms with Gasteiger partial charge in [0.05, 0.1) is 0 Å². The minimum Gasteiger partial charge on any atom is -0.492 e. The van der Waals surface area contributed by atoms with Crippen LogP contribution in [0, 0.1) is 13.8 Å². The fraction of sp³-hybridized carbons (Fsp3) is 0.353. The van der Waals surface area contributed by atoms with Crippen LogP contribution in [0.25, 0.3) is 0 Å². The highest BCUT2D eigenvalue weighted by Gasteiger charge is 2.02. The SMILES string of the molecule is Cc1ccc(OCCN(C)Cc2ccncc2)c(C)c1. The minimum absolute atomic E-state index is 0.700. The molecule has 0 fully saturated rings. The molecule has 1 aromatic heterocycles. The van der Waals surface area contributed by atoms with E-state index in [0.29, 0.717) is 6.61 Å². The van der Waals surface area contributed by atoms with Crippen molar-refractivity contribution in [3.8, 4) is 5.75 Å². The summed E-state index contributed by atoms with van der Waals surface area (Å²) in [6, 6.07) is 10.4. The van der Waals surface area contributed by atoms with Gasteiger partial charge in [-0.2, -0.15) is 0 Å². The summed E-state index contributed by atoms with van der Waals surface area (Å²) in [4.78, 5) is 6.28. The van der Waals surface area contributed by atoms with Crippen LogP contribution in [0.2, 0.25) is 0 Å². The average Bonchev–Trinajstić information content (AvgIpc) is 2.42. The normalized spacial score (nSPS) is 10.8. The van der Waals surface area contributed by atoms with Gasteiger partial charge >= 0.3 is 0 Å². The first kappa shape index (κ1) is 14.5. The molecule has 1 aromatic carbocycles. The first-order valence-corrected chi connectivity index (χ1v) is 6.92. The molecule has 0 amide bonds. The lowest BCUT2D eigenvalue weighted by molar-refractivity contribution is 0.232. The number of nitrogens with zero attached hydrogens (tertiary/aromatic N) is 2. The molecule has 0 radical (unpaired) electrons. The standard InChI is InChI=1S/C17H22N2O/c1-14-4-5-17(15(2)12-14)20-11-10-19(3)13-16-6-8-18-9-7-16/h4-9,12H,10-11,13H2,1-3H3. The van der Waals surface area contributed by atoms with Crippen LogP contribution in [0.5, 0.6) is 5.75 Å². The smallest absolute Gasteiger partial charge is 0.122 e. The number of aryl methyl sites for hydroxylation is 2. The van der Waals surface area contributed by atoms with E-state index in [-0.39, 0.29) is 0 Å². The maximum Gasteiger partial charge on any atom is 0.122 e.